The van der Waals surface area contributed by atoms with Crippen molar-refractivity contribution in [2.75, 3.05) is 25.1 Å². The third kappa shape index (κ3) is 4.91. The molecule has 1 amide bonds. The molecule has 2 aromatic carbocycles. The number of carbonyl (C=O) groups excluding carboxylic acids is 1. The molecule has 1 atom stereocenters. The van der Waals surface area contributed by atoms with E-state index in [1.165, 1.54) is 0 Å². The molecule has 0 saturated carbocycles. The van der Waals surface area contributed by atoms with E-state index in [9.17, 15) is 4.79 Å². The van der Waals surface area contributed by atoms with Gasteiger partial charge in [0.2, 0.25) is 0 Å². The van der Waals surface area contributed by atoms with Crippen LogP contribution in [0.1, 0.15) is 22.3 Å². The van der Waals surface area contributed by atoms with Crippen LogP contribution in [-0.4, -0.2) is 31.8 Å². The predicted octanol–water partition coefficient (Wildman–Crippen LogP) is 3.29. The first-order valence-electron chi connectivity index (χ1n) is 7.96. The number of carbonyl (C=O) groups is 1. The van der Waals surface area contributed by atoms with Gasteiger partial charge in [0.15, 0.2) is 0 Å². The van der Waals surface area contributed by atoms with Gasteiger partial charge < -0.3 is 14.8 Å². The molecule has 1 N–H and O–H groups in total. The lowest BCUT2D eigenvalue weighted by molar-refractivity contribution is 0.102. The highest BCUT2D eigenvalue weighted by molar-refractivity contribution is 6.05. The molecule has 1 heterocycles. The number of benzene rings is 2. The smallest absolute Gasteiger partial charge is 0.255 e. The van der Waals surface area contributed by atoms with Crippen LogP contribution in [0, 0.1) is 0 Å². The zero-order valence-electron chi connectivity index (χ0n) is 13.0. The van der Waals surface area contributed by atoms with Crippen molar-refractivity contribution in [2.45, 2.75) is 18.9 Å². The summed E-state index contributed by atoms with van der Waals surface area (Å²) in [4.78, 5) is 12.5. The Bertz CT molecular complexity index is 638. The van der Waals surface area contributed by atoms with Crippen LogP contribution in [0.25, 0.3) is 0 Å². The number of para-hydroxylation sites is 1. The molecular formula is C19H21NO3. The van der Waals surface area contributed by atoms with Gasteiger partial charge in [0.05, 0.1) is 13.2 Å². The minimum atomic E-state index is -0.0703. The van der Waals surface area contributed by atoms with Crippen molar-refractivity contribution >= 4 is 11.6 Å². The van der Waals surface area contributed by atoms with Gasteiger partial charge in [-0.05, 0) is 36.6 Å². The molecule has 2 aromatic rings. The zero-order valence-corrected chi connectivity index (χ0v) is 13.0. The average Bonchev–Trinajstić information content (AvgIpc) is 3.40. The maximum Gasteiger partial charge on any atom is 0.255 e. The largest absolute Gasteiger partial charge is 0.379 e. The molecule has 120 valence electrons. The van der Waals surface area contributed by atoms with Crippen LogP contribution in [0.4, 0.5) is 5.69 Å². The van der Waals surface area contributed by atoms with Gasteiger partial charge in [-0.2, -0.15) is 0 Å². The topological polar surface area (TPSA) is 50.9 Å². The molecule has 23 heavy (non-hydrogen) atoms. The molecule has 0 spiro atoms. The van der Waals surface area contributed by atoms with Crippen molar-refractivity contribution < 1.29 is 14.3 Å². The Labute approximate surface area is 136 Å². The summed E-state index contributed by atoms with van der Waals surface area (Å²) >= 11 is 0. The molecule has 0 radical (unpaired) electrons. The van der Waals surface area contributed by atoms with E-state index >= 15 is 0 Å². The Morgan fingerprint density at radius 1 is 1.13 bits per heavy atom. The molecule has 1 fully saturated rings. The summed E-state index contributed by atoms with van der Waals surface area (Å²) in [7, 11) is 0. The molecule has 1 saturated heterocycles. The van der Waals surface area contributed by atoms with Crippen LogP contribution >= 0.6 is 0 Å². The maximum atomic E-state index is 12.5. The number of hydrogen-bond donors (Lipinski definition) is 1. The van der Waals surface area contributed by atoms with Crippen molar-refractivity contribution in [3.63, 3.8) is 0 Å². The molecule has 0 aromatic heterocycles. The Hall–Kier alpha value is -2.17. The Morgan fingerprint density at radius 3 is 2.65 bits per heavy atom. The van der Waals surface area contributed by atoms with Gasteiger partial charge in [-0.3, -0.25) is 4.79 Å². The number of ether oxygens (including phenoxy) is 2. The molecule has 4 nitrogen and oxygen atoms in total. The fourth-order valence-electron chi connectivity index (χ4n) is 2.42. The monoisotopic (exact) mass is 311 g/mol. The van der Waals surface area contributed by atoms with Crippen LogP contribution in [-0.2, 0) is 15.9 Å². The number of epoxide rings is 1. The van der Waals surface area contributed by atoms with E-state index in [2.05, 4.69) is 5.32 Å². The van der Waals surface area contributed by atoms with Crippen molar-refractivity contribution in [3.8, 4) is 0 Å². The van der Waals surface area contributed by atoms with E-state index in [0.717, 1.165) is 36.3 Å². The summed E-state index contributed by atoms with van der Waals surface area (Å²) in [6.45, 7) is 2.19. The minimum Gasteiger partial charge on any atom is -0.379 e. The summed E-state index contributed by atoms with van der Waals surface area (Å²) in [5.41, 5.74) is 2.58. The fraction of sp³-hybridized carbons (Fsp3) is 0.316. The third-order valence-corrected chi connectivity index (χ3v) is 3.73. The third-order valence-electron chi connectivity index (χ3n) is 3.73. The Kier molecular flexibility index (Phi) is 5.40. The zero-order chi connectivity index (χ0) is 15.9. The van der Waals surface area contributed by atoms with Crippen LogP contribution in [0.5, 0.6) is 0 Å². The molecule has 1 unspecified atom stereocenters. The van der Waals surface area contributed by atoms with Gasteiger partial charge in [0, 0.05) is 17.9 Å². The normalized spacial score (nSPS) is 16.1. The summed E-state index contributed by atoms with van der Waals surface area (Å²) in [6, 6.07) is 17.2. The van der Waals surface area contributed by atoms with Crippen LogP contribution in [0.3, 0.4) is 0 Å². The molecule has 3 rings (SSSR count). The standard InChI is InChI=1S/C19H21NO3/c21-19(20-16-9-2-1-3-10-16)18-11-5-4-7-15(18)8-6-12-22-13-17-14-23-17/h1-5,7,9-11,17H,6,8,12-14H2,(H,20,21). The Balaban J connectivity index is 1.54. The number of aryl methyl sites for hydroxylation is 1. The molecule has 4 heteroatoms. The highest BCUT2D eigenvalue weighted by Crippen LogP contribution is 2.15. The number of amides is 1. The predicted molar refractivity (Wildman–Crippen MR) is 89.7 cm³/mol. The van der Waals surface area contributed by atoms with Crippen molar-refractivity contribution in [2.24, 2.45) is 0 Å². The first-order valence-corrected chi connectivity index (χ1v) is 7.96. The van der Waals surface area contributed by atoms with Crippen molar-refractivity contribution in [3.05, 3.63) is 65.7 Å². The summed E-state index contributed by atoms with van der Waals surface area (Å²) in [5, 5.41) is 2.94. The first kappa shape index (κ1) is 15.7. The van der Waals surface area contributed by atoms with E-state index in [-0.39, 0.29) is 5.91 Å². The number of rotatable bonds is 8. The van der Waals surface area contributed by atoms with Gasteiger partial charge in [0.1, 0.15) is 6.10 Å². The van der Waals surface area contributed by atoms with Gasteiger partial charge in [-0.25, -0.2) is 0 Å². The lowest BCUT2D eigenvalue weighted by Gasteiger charge is -2.10. The lowest BCUT2D eigenvalue weighted by Crippen LogP contribution is -2.14. The first-order chi connectivity index (χ1) is 11.3. The van der Waals surface area contributed by atoms with Gasteiger partial charge in [-0.15, -0.1) is 0 Å². The van der Waals surface area contributed by atoms with Crippen LogP contribution in [0.15, 0.2) is 54.6 Å². The molecular weight excluding hydrogens is 290 g/mol. The number of anilines is 1. The summed E-state index contributed by atoms with van der Waals surface area (Å²) in [6.07, 6.45) is 2.02. The van der Waals surface area contributed by atoms with E-state index in [0.29, 0.717) is 19.3 Å². The quantitative estimate of drug-likeness (QED) is 0.601. The second-order valence-electron chi connectivity index (χ2n) is 5.61. The van der Waals surface area contributed by atoms with Crippen molar-refractivity contribution in [1.29, 1.82) is 0 Å². The van der Waals surface area contributed by atoms with E-state index < -0.39 is 0 Å². The summed E-state index contributed by atoms with van der Waals surface area (Å²) < 4.78 is 10.7. The highest BCUT2D eigenvalue weighted by atomic mass is 16.6. The average molecular weight is 311 g/mol. The van der Waals surface area contributed by atoms with Crippen molar-refractivity contribution in [1.82, 2.24) is 0 Å². The molecule has 0 bridgehead atoms. The lowest BCUT2D eigenvalue weighted by atomic mass is 10.0. The summed E-state index contributed by atoms with van der Waals surface area (Å²) in [5.74, 6) is -0.0703. The van der Waals surface area contributed by atoms with Gasteiger partial charge >= 0.3 is 0 Å². The van der Waals surface area contributed by atoms with E-state index in [1.54, 1.807) is 0 Å². The van der Waals surface area contributed by atoms with E-state index in [4.69, 9.17) is 9.47 Å². The highest BCUT2D eigenvalue weighted by Gasteiger charge is 2.22. The maximum absolute atomic E-state index is 12.5. The minimum absolute atomic E-state index is 0.0703. The fourth-order valence-corrected chi connectivity index (χ4v) is 2.42. The van der Waals surface area contributed by atoms with Gasteiger partial charge in [-0.1, -0.05) is 36.4 Å². The van der Waals surface area contributed by atoms with Crippen LogP contribution in [0.2, 0.25) is 0 Å². The molecule has 1 aliphatic heterocycles. The second-order valence-corrected chi connectivity index (χ2v) is 5.61. The molecule has 1 aliphatic rings. The Morgan fingerprint density at radius 2 is 1.87 bits per heavy atom. The number of hydrogen-bond acceptors (Lipinski definition) is 3. The number of nitrogens with one attached hydrogen (secondary N) is 1. The van der Waals surface area contributed by atoms with Gasteiger partial charge in [0.25, 0.3) is 5.91 Å². The van der Waals surface area contributed by atoms with E-state index in [1.807, 2.05) is 54.6 Å². The van der Waals surface area contributed by atoms with Crippen LogP contribution < -0.4 is 5.32 Å². The molecule has 0 aliphatic carbocycles. The second kappa shape index (κ2) is 7.90. The SMILES string of the molecule is O=C(Nc1ccccc1)c1ccccc1CCCOCC1CO1.